The number of hydrogen-bond donors (Lipinski definition) is 0. The molecule has 43 heavy (non-hydrogen) atoms. The second-order valence-corrected chi connectivity index (χ2v) is 11.5. The molecule has 0 bridgehead atoms. The number of fused-ring (bicyclic) bond motifs is 11. The van der Waals surface area contributed by atoms with E-state index in [4.69, 9.17) is 9.41 Å². The molecule has 0 fully saturated rings. The van der Waals surface area contributed by atoms with Crippen LogP contribution in [0.2, 0.25) is 0 Å². The number of furan rings is 1. The number of aromatic nitrogens is 1. The predicted molar refractivity (Wildman–Crippen MR) is 179 cm³/mol. The maximum atomic E-state index is 6.86. The molecule has 3 heteroatoms. The Morgan fingerprint density at radius 3 is 2.23 bits per heavy atom. The Morgan fingerprint density at radius 1 is 0.581 bits per heavy atom. The smallest absolute Gasteiger partial charge is 0.145 e. The van der Waals surface area contributed by atoms with Gasteiger partial charge in [0.05, 0.1) is 22.4 Å². The van der Waals surface area contributed by atoms with E-state index in [1.54, 1.807) is 0 Å². The van der Waals surface area contributed by atoms with Gasteiger partial charge in [0.25, 0.3) is 0 Å². The number of hydrogen-bond acceptors (Lipinski definition) is 2. The molecule has 0 aliphatic carbocycles. The molecule has 10 rings (SSSR count). The van der Waals surface area contributed by atoms with E-state index >= 15 is 0 Å². The summed E-state index contributed by atoms with van der Waals surface area (Å²) in [6.45, 7) is 0. The fraction of sp³-hybridized carbons (Fsp3) is 0.0250. The van der Waals surface area contributed by atoms with Crippen LogP contribution in [0.1, 0.15) is 11.1 Å². The van der Waals surface area contributed by atoms with Crippen molar-refractivity contribution in [1.82, 2.24) is 4.57 Å². The quantitative estimate of drug-likeness (QED) is 0.211. The fourth-order valence-electron chi connectivity index (χ4n) is 7.26. The third kappa shape index (κ3) is 3.16. The van der Waals surface area contributed by atoms with Crippen LogP contribution >= 0.6 is 0 Å². The molecular formula is C40H24N2O. The second-order valence-electron chi connectivity index (χ2n) is 11.5. The van der Waals surface area contributed by atoms with Crippen molar-refractivity contribution in [2.24, 2.45) is 4.99 Å². The van der Waals surface area contributed by atoms with Crippen LogP contribution in [0.25, 0.3) is 71.0 Å². The van der Waals surface area contributed by atoms with Crippen molar-refractivity contribution in [1.29, 1.82) is 0 Å². The van der Waals surface area contributed by atoms with Crippen LogP contribution in [0.4, 0.5) is 5.69 Å². The molecule has 0 N–H and O–H groups in total. The summed E-state index contributed by atoms with van der Waals surface area (Å²) in [6.07, 6.45) is 0.806. The van der Waals surface area contributed by atoms with Crippen LogP contribution in [0, 0.1) is 0 Å². The van der Waals surface area contributed by atoms with E-state index in [0.717, 1.165) is 51.0 Å². The molecule has 7 aromatic carbocycles. The van der Waals surface area contributed by atoms with Gasteiger partial charge in [-0.15, -0.1) is 0 Å². The lowest BCUT2D eigenvalue weighted by atomic mass is 9.96. The number of benzene rings is 7. The van der Waals surface area contributed by atoms with E-state index in [0.29, 0.717) is 0 Å². The predicted octanol–water partition coefficient (Wildman–Crippen LogP) is 10.7. The number of aliphatic imine (C=N–C) groups is 1. The highest BCUT2D eigenvalue weighted by atomic mass is 16.3. The standard InChI is InChI=1S/C40H24N2O/c1-5-13-29-24(9-1)17-19-31-30-14-6-8-16-36(30)42(39(29)31)27-18-20-32-37(23-27)43-40-33(21-25-10-2-4-12-28(25)38(32)40)35-22-26-11-3-7-15-34(26)41-35/h1-21,23H,22H2. The topological polar surface area (TPSA) is 30.4 Å². The number of para-hydroxylation sites is 2. The van der Waals surface area contributed by atoms with Gasteiger partial charge < -0.3 is 8.98 Å². The zero-order valence-corrected chi connectivity index (χ0v) is 23.2. The lowest BCUT2D eigenvalue weighted by Gasteiger charge is -2.10. The van der Waals surface area contributed by atoms with Gasteiger partial charge >= 0.3 is 0 Å². The van der Waals surface area contributed by atoms with Crippen LogP contribution in [0.5, 0.6) is 0 Å². The summed E-state index contributed by atoms with van der Waals surface area (Å²) in [7, 11) is 0. The lowest BCUT2D eigenvalue weighted by Crippen LogP contribution is -2.01. The van der Waals surface area contributed by atoms with Gasteiger partial charge in [0, 0.05) is 50.7 Å². The molecular weight excluding hydrogens is 524 g/mol. The minimum absolute atomic E-state index is 0.806. The van der Waals surface area contributed by atoms with Gasteiger partial charge in [-0.3, -0.25) is 4.99 Å². The van der Waals surface area contributed by atoms with Gasteiger partial charge in [-0.25, -0.2) is 0 Å². The highest BCUT2D eigenvalue weighted by molar-refractivity contribution is 6.26. The molecule has 9 aromatic rings. The van der Waals surface area contributed by atoms with Crippen LogP contribution in [-0.4, -0.2) is 10.3 Å². The molecule has 3 nitrogen and oxygen atoms in total. The Bertz CT molecular complexity index is 2650. The third-order valence-electron chi connectivity index (χ3n) is 9.18. The molecule has 200 valence electrons. The Hall–Kier alpha value is -5.67. The van der Waals surface area contributed by atoms with E-state index in [1.165, 1.54) is 48.9 Å². The highest BCUT2D eigenvalue weighted by Crippen LogP contribution is 2.42. The molecule has 0 saturated carbocycles. The maximum absolute atomic E-state index is 6.86. The Labute approximate surface area is 246 Å². The van der Waals surface area contributed by atoms with Crippen LogP contribution < -0.4 is 0 Å². The highest BCUT2D eigenvalue weighted by Gasteiger charge is 2.23. The Balaban J connectivity index is 1.28. The zero-order chi connectivity index (χ0) is 28.1. The minimum atomic E-state index is 0.806. The van der Waals surface area contributed by atoms with Crippen molar-refractivity contribution in [3.8, 4) is 5.69 Å². The molecule has 1 aliphatic heterocycles. The van der Waals surface area contributed by atoms with E-state index in [-0.39, 0.29) is 0 Å². The Morgan fingerprint density at radius 2 is 1.33 bits per heavy atom. The van der Waals surface area contributed by atoms with Crippen molar-refractivity contribution in [2.75, 3.05) is 0 Å². The van der Waals surface area contributed by atoms with Crippen molar-refractivity contribution >= 4 is 76.7 Å². The van der Waals surface area contributed by atoms with E-state index in [9.17, 15) is 0 Å². The van der Waals surface area contributed by atoms with Crippen molar-refractivity contribution in [3.63, 3.8) is 0 Å². The van der Waals surface area contributed by atoms with Crippen molar-refractivity contribution < 1.29 is 4.42 Å². The van der Waals surface area contributed by atoms with Crippen LogP contribution in [0.3, 0.4) is 0 Å². The molecule has 0 unspecified atom stereocenters. The average molecular weight is 549 g/mol. The zero-order valence-electron chi connectivity index (χ0n) is 23.2. The first-order chi connectivity index (χ1) is 21.3. The fourth-order valence-corrected chi connectivity index (χ4v) is 7.26. The monoisotopic (exact) mass is 548 g/mol. The van der Waals surface area contributed by atoms with E-state index in [1.807, 2.05) is 0 Å². The summed E-state index contributed by atoms with van der Waals surface area (Å²) in [5.74, 6) is 0. The van der Waals surface area contributed by atoms with Gasteiger partial charge in [-0.1, -0.05) is 97.1 Å². The molecule has 3 heterocycles. The summed E-state index contributed by atoms with van der Waals surface area (Å²) in [6, 6.07) is 47.8. The van der Waals surface area contributed by atoms with Crippen molar-refractivity contribution in [2.45, 2.75) is 6.42 Å². The van der Waals surface area contributed by atoms with Crippen LogP contribution in [0.15, 0.2) is 143 Å². The third-order valence-corrected chi connectivity index (χ3v) is 9.18. The second kappa shape index (κ2) is 8.43. The summed E-state index contributed by atoms with van der Waals surface area (Å²) >= 11 is 0. The summed E-state index contributed by atoms with van der Waals surface area (Å²) in [5, 5.41) is 9.66. The maximum Gasteiger partial charge on any atom is 0.145 e. The van der Waals surface area contributed by atoms with Crippen molar-refractivity contribution in [3.05, 3.63) is 145 Å². The van der Waals surface area contributed by atoms with Crippen LogP contribution in [-0.2, 0) is 6.42 Å². The van der Waals surface area contributed by atoms with Gasteiger partial charge in [0.15, 0.2) is 0 Å². The molecule has 0 radical (unpaired) electrons. The molecule has 2 aromatic heterocycles. The van der Waals surface area contributed by atoms with Gasteiger partial charge in [0.2, 0.25) is 0 Å². The number of nitrogens with zero attached hydrogens (tertiary/aromatic N) is 2. The lowest BCUT2D eigenvalue weighted by molar-refractivity contribution is 0.668. The minimum Gasteiger partial charge on any atom is -0.455 e. The summed E-state index contributed by atoms with van der Waals surface area (Å²) < 4.78 is 9.26. The number of rotatable bonds is 2. The first-order valence-corrected chi connectivity index (χ1v) is 14.8. The first-order valence-electron chi connectivity index (χ1n) is 14.8. The first kappa shape index (κ1) is 23.0. The van der Waals surface area contributed by atoms with E-state index < -0.39 is 0 Å². The molecule has 0 saturated heterocycles. The summed E-state index contributed by atoms with van der Waals surface area (Å²) in [5.41, 5.74) is 9.73. The molecule has 0 amide bonds. The summed E-state index contributed by atoms with van der Waals surface area (Å²) in [4.78, 5) is 5.06. The SMILES string of the molecule is c1ccc2c(c1)CC(c1cc3ccccc3c3c1oc1cc(-n4c5ccccc5c5ccc6ccccc6c54)ccc13)=N2. The normalized spacial score (nSPS) is 13.2. The van der Waals surface area contributed by atoms with E-state index in [2.05, 4.69) is 138 Å². The molecule has 1 aliphatic rings. The van der Waals surface area contributed by atoms with Gasteiger partial charge in [0.1, 0.15) is 11.2 Å². The average Bonchev–Trinajstić information content (AvgIpc) is 3.76. The molecule has 0 atom stereocenters. The molecule has 0 spiro atoms. The Kier molecular flexibility index (Phi) is 4.50. The van der Waals surface area contributed by atoms with Gasteiger partial charge in [-0.2, -0.15) is 0 Å². The largest absolute Gasteiger partial charge is 0.455 e. The van der Waals surface area contributed by atoms with Gasteiger partial charge in [-0.05, 0) is 52.1 Å².